The maximum Gasteiger partial charge on any atom is 0.253 e. The summed E-state index contributed by atoms with van der Waals surface area (Å²) in [6.07, 6.45) is 5.60. The summed E-state index contributed by atoms with van der Waals surface area (Å²) in [6, 6.07) is 7.50. The maximum atomic E-state index is 12.7. The lowest BCUT2D eigenvalue weighted by Gasteiger charge is -2.27. The Morgan fingerprint density at radius 3 is 2.23 bits per heavy atom. The monoisotopic (exact) mass is 381 g/mol. The fraction of sp³-hybridized carbons (Fsp3) is 0.600. The summed E-state index contributed by atoms with van der Waals surface area (Å²) < 4.78 is 0. The number of carbonyl (C=O) groups is 2. The summed E-state index contributed by atoms with van der Waals surface area (Å²) in [5.74, 6) is -0.102. The van der Waals surface area contributed by atoms with Crippen LogP contribution in [0.2, 0.25) is 0 Å². The third-order valence-electron chi connectivity index (χ3n) is 4.75. The second-order valence-electron chi connectivity index (χ2n) is 6.96. The minimum Gasteiger partial charge on any atom is -0.349 e. The average molecular weight is 382 g/mol. The average Bonchev–Trinajstić information content (AvgIpc) is 2.63. The molecule has 0 aromatic heterocycles. The molecule has 5 nitrogen and oxygen atoms in total. The molecule has 26 heavy (non-hydrogen) atoms. The molecule has 1 fully saturated rings. The molecule has 0 spiro atoms. The van der Waals surface area contributed by atoms with E-state index in [-0.39, 0.29) is 36.3 Å². The van der Waals surface area contributed by atoms with Gasteiger partial charge in [0.25, 0.3) is 11.8 Å². The van der Waals surface area contributed by atoms with Gasteiger partial charge in [0, 0.05) is 36.3 Å². The minimum atomic E-state index is -0.104. The van der Waals surface area contributed by atoms with Crippen molar-refractivity contribution < 1.29 is 9.59 Å². The highest BCUT2D eigenvalue weighted by Gasteiger charge is 2.21. The van der Waals surface area contributed by atoms with Crippen LogP contribution in [0.25, 0.3) is 0 Å². The summed E-state index contributed by atoms with van der Waals surface area (Å²) in [6.45, 7) is 5.61. The quantitative estimate of drug-likeness (QED) is 0.760. The van der Waals surface area contributed by atoms with Crippen molar-refractivity contribution in [3.63, 3.8) is 0 Å². The molecule has 0 unspecified atom stereocenters. The van der Waals surface area contributed by atoms with E-state index in [0.29, 0.717) is 11.1 Å². The number of hydrogen-bond acceptors (Lipinski definition) is 3. The van der Waals surface area contributed by atoms with Crippen LogP contribution in [-0.2, 0) is 0 Å². The van der Waals surface area contributed by atoms with Gasteiger partial charge in [-0.15, -0.1) is 12.4 Å². The van der Waals surface area contributed by atoms with Gasteiger partial charge in [-0.25, -0.2) is 0 Å². The molecule has 3 N–H and O–H groups in total. The molecule has 0 bridgehead atoms. The number of halogens is 1. The van der Waals surface area contributed by atoms with Crippen molar-refractivity contribution in [2.45, 2.75) is 64.5 Å². The van der Waals surface area contributed by atoms with Crippen LogP contribution >= 0.6 is 12.4 Å². The normalized spacial score (nSPS) is 19.3. The van der Waals surface area contributed by atoms with Crippen molar-refractivity contribution >= 4 is 24.2 Å². The molecule has 0 radical (unpaired) electrons. The van der Waals surface area contributed by atoms with E-state index in [1.807, 2.05) is 4.90 Å². The summed E-state index contributed by atoms with van der Waals surface area (Å²) in [4.78, 5) is 27.1. The number of hydrogen-bond donors (Lipinski definition) is 2. The Morgan fingerprint density at radius 1 is 1.08 bits per heavy atom. The minimum absolute atomic E-state index is 0. The zero-order valence-corrected chi connectivity index (χ0v) is 16.7. The predicted molar refractivity (Wildman–Crippen MR) is 108 cm³/mol. The van der Waals surface area contributed by atoms with Gasteiger partial charge in [0.05, 0.1) is 0 Å². The molecule has 1 aliphatic rings. The Bertz CT molecular complexity index is 580. The van der Waals surface area contributed by atoms with Crippen molar-refractivity contribution in [2.24, 2.45) is 5.73 Å². The molecule has 0 atom stereocenters. The fourth-order valence-electron chi connectivity index (χ4n) is 3.36. The lowest BCUT2D eigenvalue weighted by molar-refractivity contribution is 0.0755. The van der Waals surface area contributed by atoms with Crippen LogP contribution in [0.4, 0.5) is 0 Å². The maximum absolute atomic E-state index is 12.7. The Morgan fingerprint density at radius 2 is 1.65 bits per heavy atom. The first-order chi connectivity index (χ1) is 12.0. The van der Waals surface area contributed by atoms with Gasteiger partial charge in [-0.1, -0.05) is 19.9 Å². The van der Waals surface area contributed by atoms with Crippen LogP contribution in [0.1, 0.15) is 73.1 Å². The topological polar surface area (TPSA) is 75.4 Å². The molecule has 0 saturated heterocycles. The SMILES string of the molecule is CCCN(CCC)C(=O)c1cccc(C(=O)NC2CCC(N)CC2)c1.Cl. The zero-order chi connectivity index (χ0) is 18.2. The lowest BCUT2D eigenvalue weighted by atomic mass is 9.91. The molecule has 0 aliphatic heterocycles. The number of nitrogens with one attached hydrogen (secondary N) is 1. The molecule has 6 heteroatoms. The van der Waals surface area contributed by atoms with Gasteiger partial charge in [0.15, 0.2) is 0 Å². The van der Waals surface area contributed by atoms with Crippen LogP contribution in [0.15, 0.2) is 24.3 Å². The molecular formula is C20H32ClN3O2. The Kier molecular flexibility index (Phi) is 9.66. The van der Waals surface area contributed by atoms with Gasteiger partial charge in [0.1, 0.15) is 0 Å². The number of rotatable bonds is 7. The van der Waals surface area contributed by atoms with Crippen LogP contribution in [0.5, 0.6) is 0 Å². The third kappa shape index (κ3) is 6.29. The molecule has 1 aromatic carbocycles. The lowest BCUT2D eigenvalue weighted by Crippen LogP contribution is -2.40. The van der Waals surface area contributed by atoms with E-state index in [2.05, 4.69) is 19.2 Å². The Balaban J connectivity index is 0.00000338. The van der Waals surface area contributed by atoms with E-state index in [1.54, 1.807) is 24.3 Å². The molecule has 2 amide bonds. The van der Waals surface area contributed by atoms with Crippen LogP contribution in [-0.4, -0.2) is 41.9 Å². The third-order valence-corrected chi connectivity index (χ3v) is 4.75. The van der Waals surface area contributed by atoms with Crippen molar-refractivity contribution in [3.05, 3.63) is 35.4 Å². The molecule has 1 aromatic rings. The molecular weight excluding hydrogens is 350 g/mol. The summed E-state index contributed by atoms with van der Waals surface area (Å²) in [5, 5.41) is 3.08. The number of nitrogens with zero attached hydrogens (tertiary/aromatic N) is 1. The molecule has 1 saturated carbocycles. The number of amides is 2. The highest BCUT2D eigenvalue weighted by Crippen LogP contribution is 2.18. The predicted octanol–water partition coefficient (Wildman–Crippen LogP) is 3.37. The first-order valence-corrected chi connectivity index (χ1v) is 9.50. The smallest absolute Gasteiger partial charge is 0.253 e. The van der Waals surface area contributed by atoms with E-state index in [4.69, 9.17) is 5.73 Å². The largest absolute Gasteiger partial charge is 0.349 e. The van der Waals surface area contributed by atoms with Crippen molar-refractivity contribution in [1.29, 1.82) is 0 Å². The number of benzene rings is 1. The van der Waals surface area contributed by atoms with E-state index in [0.717, 1.165) is 51.6 Å². The Hall–Kier alpha value is -1.59. The number of carbonyl (C=O) groups excluding carboxylic acids is 2. The van der Waals surface area contributed by atoms with E-state index in [9.17, 15) is 9.59 Å². The molecule has 146 valence electrons. The van der Waals surface area contributed by atoms with Crippen LogP contribution in [0.3, 0.4) is 0 Å². The van der Waals surface area contributed by atoms with Gasteiger partial charge < -0.3 is 16.0 Å². The standard InChI is InChI=1S/C20H31N3O2.ClH/c1-3-12-23(13-4-2)20(25)16-7-5-6-15(14-16)19(24)22-18-10-8-17(21)9-11-18;/h5-7,14,17-18H,3-4,8-13,21H2,1-2H3,(H,22,24);1H. The van der Waals surface area contributed by atoms with Crippen molar-refractivity contribution in [3.8, 4) is 0 Å². The van der Waals surface area contributed by atoms with E-state index < -0.39 is 0 Å². The fourth-order valence-corrected chi connectivity index (χ4v) is 3.36. The summed E-state index contributed by atoms with van der Waals surface area (Å²) >= 11 is 0. The summed E-state index contributed by atoms with van der Waals surface area (Å²) in [7, 11) is 0. The highest BCUT2D eigenvalue weighted by atomic mass is 35.5. The van der Waals surface area contributed by atoms with Crippen molar-refractivity contribution in [2.75, 3.05) is 13.1 Å². The Labute approximate surface area is 163 Å². The second kappa shape index (κ2) is 11.2. The molecule has 1 aliphatic carbocycles. The van der Waals surface area contributed by atoms with Crippen molar-refractivity contribution in [1.82, 2.24) is 10.2 Å². The van der Waals surface area contributed by atoms with Crippen LogP contribution in [0, 0.1) is 0 Å². The number of nitrogens with two attached hydrogens (primary N) is 1. The molecule has 2 rings (SSSR count). The van der Waals surface area contributed by atoms with Gasteiger partial charge in [0.2, 0.25) is 0 Å². The zero-order valence-electron chi connectivity index (χ0n) is 15.9. The van der Waals surface area contributed by atoms with E-state index in [1.165, 1.54) is 0 Å². The van der Waals surface area contributed by atoms with Gasteiger partial charge in [-0.2, -0.15) is 0 Å². The van der Waals surface area contributed by atoms with E-state index >= 15 is 0 Å². The first kappa shape index (κ1) is 22.5. The van der Waals surface area contributed by atoms with Gasteiger partial charge in [-0.05, 0) is 56.7 Å². The molecule has 0 heterocycles. The summed E-state index contributed by atoms with van der Waals surface area (Å²) in [5.41, 5.74) is 7.05. The van der Waals surface area contributed by atoms with Gasteiger partial charge in [-0.3, -0.25) is 9.59 Å². The highest BCUT2D eigenvalue weighted by molar-refractivity contribution is 5.99. The van der Waals surface area contributed by atoms with Gasteiger partial charge >= 0.3 is 0 Å². The second-order valence-corrected chi connectivity index (χ2v) is 6.96. The van der Waals surface area contributed by atoms with Crippen LogP contribution < -0.4 is 11.1 Å². The first-order valence-electron chi connectivity index (χ1n) is 9.50.